The van der Waals surface area contributed by atoms with Crippen LogP contribution < -0.4 is 5.73 Å². The van der Waals surface area contributed by atoms with Gasteiger partial charge >= 0.3 is 5.97 Å². The van der Waals surface area contributed by atoms with Crippen molar-refractivity contribution in [2.45, 2.75) is 6.04 Å². The van der Waals surface area contributed by atoms with Gasteiger partial charge in [0.15, 0.2) is 0 Å². The Hall–Kier alpha value is 0.0800. The fourth-order valence-electron chi connectivity index (χ4n) is 1.26. The molecule has 1 fully saturated rings. The van der Waals surface area contributed by atoms with Gasteiger partial charge in [-0.2, -0.15) is 0 Å². The number of nitrogens with two attached hydrogens (primary N) is 1. The Morgan fingerprint density at radius 3 is 2.46 bits per heavy atom. The van der Waals surface area contributed by atoms with Gasteiger partial charge < -0.3 is 10.8 Å². The van der Waals surface area contributed by atoms with Crippen LogP contribution in [-0.4, -0.2) is 57.9 Å². The highest BCUT2D eigenvalue weighted by Crippen LogP contribution is 2.06. The molecule has 0 aliphatic carbocycles. The summed E-state index contributed by atoms with van der Waals surface area (Å²) in [6, 6.07) is -0.749. The first kappa shape index (κ1) is 11.2. The zero-order valence-corrected chi connectivity index (χ0v) is 9.48. The third kappa shape index (κ3) is 3.75. The summed E-state index contributed by atoms with van der Waals surface area (Å²) in [5.74, 6) is -0.920. The number of carboxylic acid groups (broad SMARTS) is 1. The van der Waals surface area contributed by atoms with Gasteiger partial charge in [-0.1, -0.05) is 0 Å². The molecule has 6 heteroatoms. The summed E-state index contributed by atoms with van der Waals surface area (Å²) in [4.78, 5) is 12.6. The van der Waals surface area contributed by atoms with Gasteiger partial charge in [0.05, 0.1) is 0 Å². The number of aliphatic carboxylic acids is 1. The lowest BCUT2D eigenvalue weighted by Gasteiger charge is -2.31. The Balaban J connectivity index is 2.26. The van der Waals surface area contributed by atoms with E-state index in [4.69, 9.17) is 10.8 Å². The Kier molecular flexibility index (Phi) is 4.36. The van der Waals surface area contributed by atoms with Gasteiger partial charge in [-0.3, -0.25) is 9.69 Å². The molecule has 0 aromatic heterocycles. The quantitative estimate of drug-likeness (QED) is 0.536. The summed E-state index contributed by atoms with van der Waals surface area (Å²) in [5.41, 5.74) is 5.43. The van der Waals surface area contributed by atoms with E-state index < -0.39 is 12.0 Å². The molecule has 1 saturated heterocycles. The van der Waals surface area contributed by atoms with Crippen LogP contribution in [0, 0.1) is 0 Å². The molecule has 76 valence electrons. The Labute approximate surface area is 91.4 Å². The minimum absolute atomic E-state index is 0.458. The summed E-state index contributed by atoms with van der Waals surface area (Å²) < 4.78 is 2.19. The Morgan fingerprint density at radius 1 is 1.46 bits per heavy atom. The van der Waals surface area contributed by atoms with Gasteiger partial charge in [-0.05, 0) is 0 Å². The standard InChI is InChI=1S/C7H14IN3O2/c8-11-3-1-10(2-4-11)5-6(9)7(12)13/h6H,1-5,9H2,(H,12,13)/t6-/m0/s1. The molecule has 1 aliphatic rings. The van der Waals surface area contributed by atoms with Crippen LogP contribution in [0.3, 0.4) is 0 Å². The second kappa shape index (κ2) is 5.08. The average molecular weight is 299 g/mol. The maximum Gasteiger partial charge on any atom is 0.321 e. The maximum atomic E-state index is 10.5. The predicted octanol–water partition coefficient (Wildman–Crippen LogP) is -0.634. The summed E-state index contributed by atoms with van der Waals surface area (Å²) in [6.45, 7) is 4.23. The van der Waals surface area contributed by atoms with Crippen LogP contribution in [-0.2, 0) is 4.79 Å². The second-order valence-electron chi connectivity index (χ2n) is 3.16. The molecule has 0 radical (unpaired) electrons. The zero-order valence-electron chi connectivity index (χ0n) is 7.32. The molecule has 3 N–H and O–H groups in total. The summed E-state index contributed by atoms with van der Waals surface area (Å²) in [6.07, 6.45) is 0. The van der Waals surface area contributed by atoms with Gasteiger partial charge in [0.1, 0.15) is 6.04 Å². The SMILES string of the molecule is N[C@@H](CN1CCN(I)CC1)C(=O)O. The van der Waals surface area contributed by atoms with E-state index in [2.05, 4.69) is 30.9 Å². The molecule has 13 heavy (non-hydrogen) atoms. The highest BCUT2D eigenvalue weighted by Gasteiger charge is 2.20. The van der Waals surface area contributed by atoms with E-state index >= 15 is 0 Å². The monoisotopic (exact) mass is 299 g/mol. The van der Waals surface area contributed by atoms with Crippen molar-refractivity contribution in [3.63, 3.8) is 0 Å². The van der Waals surface area contributed by atoms with Crippen molar-refractivity contribution >= 4 is 28.8 Å². The van der Waals surface area contributed by atoms with Crippen molar-refractivity contribution in [3.05, 3.63) is 0 Å². The minimum Gasteiger partial charge on any atom is -0.480 e. The maximum absolute atomic E-state index is 10.5. The zero-order chi connectivity index (χ0) is 9.84. The van der Waals surface area contributed by atoms with Crippen LogP contribution in [0.15, 0.2) is 0 Å². The van der Waals surface area contributed by atoms with Crippen LogP contribution in [0.4, 0.5) is 0 Å². The van der Waals surface area contributed by atoms with Crippen LogP contribution in [0.2, 0.25) is 0 Å². The van der Waals surface area contributed by atoms with Crippen LogP contribution in [0.25, 0.3) is 0 Å². The summed E-state index contributed by atoms with van der Waals surface area (Å²) in [5, 5.41) is 8.60. The van der Waals surface area contributed by atoms with Gasteiger partial charge in [0, 0.05) is 55.6 Å². The number of hydrogen-bond acceptors (Lipinski definition) is 4. The molecule has 1 atom stereocenters. The lowest BCUT2D eigenvalue weighted by Crippen LogP contribution is -2.49. The van der Waals surface area contributed by atoms with Crippen molar-refractivity contribution in [3.8, 4) is 0 Å². The molecular formula is C7H14IN3O2. The van der Waals surface area contributed by atoms with Crippen LogP contribution in [0.1, 0.15) is 0 Å². The summed E-state index contributed by atoms with van der Waals surface area (Å²) in [7, 11) is 0. The van der Waals surface area contributed by atoms with Gasteiger partial charge in [0.2, 0.25) is 0 Å². The topological polar surface area (TPSA) is 69.8 Å². The van der Waals surface area contributed by atoms with Gasteiger partial charge in [0.25, 0.3) is 0 Å². The molecular weight excluding hydrogens is 285 g/mol. The smallest absolute Gasteiger partial charge is 0.321 e. The Morgan fingerprint density at radius 2 is 2.00 bits per heavy atom. The molecule has 0 saturated carbocycles. The number of piperazine rings is 1. The van der Waals surface area contributed by atoms with E-state index in [9.17, 15) is 4.79 Å². The van der Waals surface area contributed by atoms with E-state index in [-0.39, 0.29) is 0 Å². The van der Waals surface area contributed by atoms with Crippen molar-refractivity contribution in [1.82, 2.24) is 8.01 Å². The van der Waals surface area contributed by atoms with E-state index in [0.717, 1.165) is 26.2 Å². The fraction of sp³-hybridized carbons (Fsp3) is 0.857. The molecule has 1 rings (SSSR count). The molecule has 0 aromatic carbocycles. The number of hydrogen-bond donors (Lipinski definition) is 2. The lowest BCUT2D eigenvalue weighted by molar-refractivity contribution is -0.139. The van der Waals surface area contributed by atoms with Crippen molar-refractivity contribution in [2.75, 3.05) is 32.7 Å². The molecule has 5 nitrogen and oxygen atoms in total. The predicted molar refractivity (Wildman–Crippen MR) is 57.6 cm³/mol. The number of carboxylic acids is 1. The van der Waals surface area contributed by atoms with E-state index in [0.29, 0.717) is 6.54 Å². The number of rotatable bonds is 3. The molecule has 0 spiro atoms. The molecule has 1 aliphatic heterocycles. The van der Waals surface area contributed by atoms with Gasteiger partial charge in [-0.25, -0.2) is 3.11 Å². The third-order valence-corrected chi connectivity index (χ3v) is 3.05. The van der Waals surface area contributed by atoms with Crippen molar-refractivity contribution in [1.29, 1.82) is 0 Å². The first-order valence-electron chi connectivity index (χ1n) is 4.21. The number of nitrogens with zero attached hydrogens (tertiary/aromatic N) is 2. The highest BCUT2D eigenvalue weighted by atomic mass is 127. The van der Waals surface area contributed by atoms with Gasteiger partial charge in [-0.15, -0.1) is 0 Å². The van der Waals surface area contributed by atoms with E-state index in [1.165, 1.54) is 0 Å². The number of halogens is 1. The molecule has 1 heterocycles. The van der Waals surface area contributed by atoms with Crippen molar-refractivity contribution in [2.24, 2.45) is 5.73 Å². The average Bonchev–Trinajstić information content (AvgIpc) is 2.08. The van der Waals surface area contributed by atoms with Crippen LogP contribution in [0.5, 0.6) is 0 Å². The molecule has 0 unspecified atom stereocenters. The molecule has 0 amide bonds. The highest BCUT2D eigenvalue weighted by molar-refractivity contribution is 14.1. The molecule has 0 aromatic rings. The summed E-state index contributed by atoms with van der Waals surface area (Å²) >= 11 is 2.27. The third-order valence-electron chi connectivity index (χ3n) is 2.09. The normalized spacial score (nSPS) is 22.9. The first-order valence-corrected chi connectivity index (χ1v) is 5.17. The minimum atomic E-state index is -0.920. The fourth-order valence-corrected chi connectivity index (χ4v) is 1.69. The second-order valence-corrected chi connectivity index (χ2v) is 4.52. The number of carbonyl (C=O) groups is 1. The first-order chi connectivity index (χ1) is 6.09. The van der Waals surface area contributed by atoms with E-state index in [1.807, 2.05) is 0 Å². The lowest BCUT2D eigenvalue weighted by atomic mass is 10.2. The molecule has 0 bridgehead atoms. The van der Waals surface area contributed by atoms with Crippen LogP contribution >= 0.6 is 22.9 Å². The largest absolute Gasteiger partial charge is 0.480 e. The van der Waals surface area contributed by atoms with Crippen molar-refractivity contribution < 1.29 is 9.90 Å². The Bertz CT molecular complexity index is 183. The van der Waals surface area contributed by atoms with E-state index in [1.54, 1.807) is 0 Å².